The zero-order valence-electron chi connectivity index (χ0n) is 9.66. The Morgan fingerprint density at radius 1 is 1.27 bits per heavy atom. The van der Waals surface area contributed by atoms with Crippen LogP contribution in [0.5, 0.6) is 5.88 Å². The Morgan fingerprint density at radius 2 is 2.00 bits per heavy atom. The molecule has 0 saturated heterocycles. The standard InChI is InChI=1S/C12H18N2O/c1-12(2,3)10-6-7-11(14-13-10)15-8-9-4-5-9/h6-7,9H,4-5,8H2,1-3H3. The van der Waals surface area contributed by atoms with E-state index in [-0.39, 0.29) is 5.41 Å². The number of aromatic nitrogens is 2. The van der Waals surface area contributed by atoms with E-state index in [2.05, 4.69) is 31.0 Å². The van der Waals surface area contributed by atoms with Crippen LogP contribution in [-0.4, -0.2) is 16.8 Å². The summed E-state index contributed by atoms with van der Waals surface area (Å²) in [6.45, 7) is 7.18. The van der Waals surface area contributed by atoms with E-state index in [1.807, 2.05) is 12.1 Å². The summed E-state index contributed by atoms with van der Waals surface area (Å²) < 4.78 is 5.52. The Bertz CT molecular complexity index is 322. The molecular weight excluding hydrogens is 188 g/mol. The second kappa shape index (κ2) is 3.80. The molecule has 1 saturated carbocycles. The fourth-order valence-corrected chi connectivity index (χ4v) is 1.28. The topological polar surface area (TPSA) is 35.0 Å². The summed E-state index contributed by atoms with van der Waals surface area (Å²) in [4.78, 5) is 0. The van der Waals surface area contributed by atoms with Crippen LogP contribution < -0.4 is 4.74 Å². The van der Waals surface area contributed by atoms with Crippen LogP contribution in [0.15, 0.2) is 12.1 Å². The van der Waals surface area contributed by atoms with Crippen LogP contribution in [0.1, 0.15) is 39.3 Å². The molecule has 1 aliphatic carbocycles. The molecule has 0 amide bonds. The Labute approximate surface area is 90.9 Å². The van der Waals surface area contributed by atoms with Crippen molar-refractivity contribution in [3.8, 4) is 5.88 Å². The molecule has 1 aromatic rings. The predicted octanol–water partition coefficient (Wildman–Crippen LogP) is 2.56. The van der Waals surface area contributed by atoms with Gasteiger partial charge in [-0.2, -0.15) is 5.10 Å². The second-order valence-corrected chi connectivity index (χ2v) is 5.26. The Balaban J connectivity index is 1.96. The van der Waals surface area contributed by atoms with E-state index in [4.69, 9.17) is 4.74 Å². The molecule has 0 spiro atoms. The zero-order chi connectivity index (χ0) is 10.9. The van der Waals surface area contributed by atoms with E-state index >= 15 is 0 Å². The minimum atomic E-state index is 0.0576. The lowest BCUT2D eigenvalue weighted by molar-refractivity contribution is 0.284. The summed E-state index contributed by atoms with van der Waals surface area (Å²) in [6, 6.07) is 3.91. The number of nitrogens with zero attached hydrogens (tertiary/aromatic N) is 2. The van der Waals surface area contributed by atoms with Gasteiger partial charge in [-0.1, -0.05) is 20.8 Å². The monoisotopic (exact) mass is 206 g/mol. The van der Waals surface area contributed by atoms with Crippen molar-refractivity contribution in [1.82, 2.24) is 10.2 Å². The highest BCUT2D eigenvalue weighted by Crippen LogP contribution is 2.29. The van der Waals surface area contributed by atoms with Crippen LogP contribution in [0.2, 0.25) is 0 Å². The highest BCUT2D eigenvalue weighted by atomic mass is 16.5. The summed E-state index contributed by atoms with van der Waals surface area (Å²) in [5.41, 5.74) is 1.06. The van der Waals surface area contributed by atoms with Gasteiger partial charge in [0.1, 0.15) is 0 Å². The van der Waals surface area contributed by atoms with E-state index in [9.17, 15) is 0 Å². The first-order valence-electron chi connectivity index (χ1n) is 5.53. The minimum Gasteiger partial charge on any atom is -0.476 e. The van der Waals surface area contributed by atoms with Crippen molar-refractivity contribution >= 4 is 0 Å². The molecule has 1 aliphatic rings. The summed E-state index contributed by atoms with van der Waals surface area (Å²) in [5.74, 6) is 1.41. The van der Waals surface area contributed by atoms with Crippen molar-refractivity contribution < 1.29 is 4.74 Å². The first-order chi connectivity index (χ1) is 7.05. The van der Waals surface area contributed by atoms with E-state index < -0.39 is 0 Å². The molecule has 15 heavy (non-hydrogen) atoms. The van der Waals surface area contributed by atoms with E-state index in [1.54, 1.807) is 0 Å². The highest BCUT2D eigenvalue weighted by molar-refractivity contribution is 5.16. The molecule has 82 valence electrons. The number of rotatable bonds is 3. The minimum absolute atomic E-state index is 0.0576. The van der Waals surface area contributed by atoms with Crippen molar-refractivity contribution in [2.75, 3.05) is 6.61 Å². The number of hydrogen-bond donors (Lipinski definition) is 0. The molecule has 3 nitrogen and oxygen atoms in total. The maximum Gasteiger partial charge on any atom is 0.233 e. The third kappa shape index (κ3) is 2.91. The molecular formula is C12H18N2O. The molecule has 1 heterocycles. The molecule has 0 unspecified atom stereocenters. The van der Waals surface area contributed by atoms with E-state index in [0.717, 1.165) is 18.2 Å². The maximum atomic E-state index is 5.52. The van der Waals surface area contributed by atoms with Gasteiger partial charge in [-0.25, -0.2) is 0 Å². The highest BCUT2D eigenvalue weighted by Gasteiger charge is 2.22. The van der Waals surface area contributed by atoms with Crippen LogP contribution in [-0.2, 0) is 5.41 Å². The fraction of sp³-hybridized carbons (Fsp3) is 0.667. The van der Waals surface area contributed by atoms with Gasteiger partial charge in [0.25, 0.3) is 0 Å². The van der Waals surface area contributed by atoms with Crippen molar-refractivity contribution in [1.29, 1.82) is 0 Å². The number of ether oxygens (including phenoxy) is 1. The van der Waals surface area contributed by atoms with Crippen LogP contribution in [0.3, 0.4) is 0 Å². The lowest BCUT2D eigenvalue weighted by Crippen LogP contribution is -2.14. The average Bonchev–Trinajstić information content (AvgIpc) is 2.97. The molecule has 0 aliphatic heterocycles. The molecule has 0 atom stereocenters. The lowest BCUT2D eigenvalue weighted by atomic mass is 9.92. The molecule has 0 radical (unpaired) electrons. The normalized spacial score (nSPS) is 16.5. The Kier molecular flexibility index (Phi) is 2.63. The molecule has 0 bridgehead atoms. The SMILES string of the molecule is CC(C)(C)c1ccc(OCC2CC2)nn1. The first-order valence-corrected chi connectivity index (χ1v) is 5.53. The van der Waals surface area contributed by atoms with E-state index in [1.165, 1.54) is 12.8 Å². The third-order valence-corrected chi connectivity index (χ3v) is 2.57. The van der Waals surface area contributed by atoms with E-state index in [0.29, 0.717) is 5.88 Å². The predicted molar refractivity (Wildman–Crippen MR) is 59.0 cm³/mol. The van der Waals surface area contributed by atoms with Gasteiger partial charge in [-0.15, -0.1) is 5.10 Å². The third-order valence-electron chi connectivity index (χ3n) is 2.57. The van der Waals surface area contributed by atoms with Gasteiger partial charge in [0.15, 0.2) is 0 Å². The maximum absolute atomic E-state index is 5.52. The van der Waals surface area contributed by atoms with Crippen LogP contribution in [0, 0.1) is 5.92 Å². The zero-order valence-corrected chi connectivity index (χ0v) is 9.66. The van der Waals surface area contributed by atoms with Crippen LogP contribution in [0.25, 0.3) is 0 Å². The summed E-state index contributed by atoms with van der Waals surface area (Å²) >= 11 is 0. The van der Waals surface area contributed by atoms with Crippen molar-refractivity contribution in [2.45, 2.75) is 39.0 Å². The molecule has 1 aromatic heterocycles. The van der Waals surface area contributed by atoms with Crippen molar-refractivity contribution in [2.24, 2.45) is 5.92 Å². The summed E-state index contributed by atoms with van der Waals surface area (Å²) in [6.07, 6.45) is 2.60. The Hall–Kier alpha value is -1.12. The molecule has 2 rings (SSSR count). The van der Waals surface area contributed by atoms with Crippen LogP contribution >= 0.6 is 0 Å². The molecule has 1 fully saturated rings. The van der Waals surface area contributed by atoms with Crippen molar-refractivity contribution in [3.05, 3.63) is 17.8 Å². The molecule has 3 heteroatoms. The number of hydrogen-bond acceptors (Lipinski definition) is 3. The Morgan fingerprint density at radius 3 is 2.47 bits per heavy atom. The van der Waals surface area contributed by atoms with Gasteiger partial charge in [0.05, 0.1) is 12.3 Å². The summed E-state index contributed by atoms with van der Waals surface area (Å²) in [7, 11) is 0. The molecule has 0 N–H and O–H groups in total. The van der Waals surface area contributed by atoms with Gasteiger partial charge in [-0.3, -0.25) is 0 Å². The van der Waals surface area contributed by atoms with Gasteiger partial charge >= 0.3 is 0 Å². The molecule has 0 aromatic carbocycles. The quantitative estimate of drug-likeness (QED) is 0.762. The van der Waals surface area contributed by atoms with Crippen LogP contribution in [0.4, 0.5) is 0 Å². The first kappa shape index (κ1) is 10.4. The van der Waals surface area contributed by atoms with Gasteiger partial charge in [0.2, 0.25) is 5.88 Å². The van der Waals surface area contributed by atoms with Gasteiger partial charge in [0, 0.05) is 11.5 Å². The van der Waals surface area contributed by atoms with Gasteiger partial charge in [-0.05, 0) is 24.8 Å². The van der Waals surface area contributed by atoms with Crippen molar-refractivity contribution in [3.63, 3.8) is 0 Å². The van der Waals surface area contributed by atoms with Gasteiger partial charge < -0.3 is 4.74 Å². The largest absolute Gasteiger partial charge is 0.476 e. The second-order valence-electron chi connectivity index (χ2n) is 5.26. The average molecular weight is 206 g/mol. The lowest BCUT2D eigenvalue weighted by Gasteiger charge is -2.16. The fourth-order valence-electron chi connectivity index (χ4n) is 1.28. The smallest absolute Gasteiger partial charge is 0.233 e. The summed E-state index contributed by atoms with van der Waals surface area (Å²) in [5, 5.41) is 8.25.